The number of carbonyl (C=O) groups excluding carboxylic acids is 1. The van der Waals surface area contributed by atoms with Gasteiger partial charge in [-0.3, -0.25) is 0 Å². The molecule has 0 saturated carbocycles. The van der Waals surface area contributed by atoms with E-state index >= 15 is 0 Å². The molecule has 20 heavy (non-hydrogen) atoms. The number of hydrogen-bond donors (Lipinski definition) is 2. The molecular formula is C12H18N2O4S2. The molecule has 2 heterocycles. The molecular weight excluding hydrogens is 300 g/mol. The molecule has 8 heteroatoms. The largest absolute Gasteiger partial charge is 0.465 e. The molecule has 0 bridgehead atoms. The quantitative estimate of drug-likeness (QED) is 0.785. The second kappa shape index (κ2) is 6.66. The van der Waals surface area contributed by atoms with Crippen molar-refractivity contribution in [3.63, 3.8) is 0 Å². The average molecular weight is 318 g/mol. The van der Waals surface area contributed by atoms with Crippen molar-refractivity contribution in [2.45, 2.75) is 17.7 Å². The van der Waals surface area contributed by atoms with Crippen LogP contribution in [0.1, 0.15) is 22.5 Å². The number of nitrogens with one attached hydrogen (secondary N) is 2. The molecule has 0 atom stereocenters. The number of sulfonamides is 1. The fourth-order valence-corrected chi connectivity index (χ4v) is 4.59. The Balaban J connectivity index is 2.06. The van der Waals surface area contributed by atoms with E-state index in [9.17, 15) is 13.2 Å². The Morgan fingerprint density at radius 1 is 1.50 bits per heavy atom. The topological polar surface area (TPSA) is 84.5 Å². The van der Waals surface area contributed by atoms with Crippen LogP contribution in [0.25, 0.3) is 0 Å². The maximum atomic E-state index is 12.2. The second-order valence-electron chi connectivity index (χ2n) is 4.65. The van der Waals surface area contributed by atoms with Gasteiger partial charge in [0.15, 0.2) is 0 Å². The number of thiophene rings is 1. The number of ether oxygens (including phenoxy) is 1. The van der Waals surface area contributed by atoms with Gasteiger partial charge in [-0.05, 0) is 43.3 Å². The van der Waals surface area contributed by atoms with Gasteiger partial charge in [-0.15, -0.1) is 11.3 Å². The standard InChI is InChI=1S/C12H18N2O4S2/c1-18-12(15)11-10(4-7-19-11)20(16,17)14-8-9-2-5-13-6-3-9/h4,7,9,13-14H,2-3,5-6,8H2,1H3. The van der Waals surface area contributed by atoms with Crippen LogP contribution in [0.3, 0.4) is 0 Å². The van der Waals surface area contributed by atoms with Gasteiger partial charge in [0.2, 0.25) is 10.0 Å². The van der Waals surface area contributed by atoms with Gasteiger partial charge in [0, 0.05) is 6.54 Å². The van der Waals surface area contributed by atoms with E-state index in [1.807, 2.05) is 0 Å². The van der Waals surface area contributed by atoms with Crippen LogP contribution in [0, 0.1) is 5.92 Å². The van der Waals surface area contributed by atoms with Crippen LogP contribution >= 0.6 is 11.3 Å². The zero-order valence-corrected chi connectivity index (χ0v) is 12.9. The molecule has 1 aliphatic rings. The Labute approximate surface area is 122 Å². The summed E-state index contributed by atoms with van der Waals surface area (Å²) in [6.07, 6.45) is 1.91. The summed E-state index contributed by atoms with van der Waals surface area (Å²) in [5, 5.41) is 4.81. The number of esters is 1. The van der Waals surface area contributed by atoms with Crippen LogP contribution in [-0.4, -0.2) is 41.1 Å². The first-order chi connectivity index (χ1) is 9.54. The van der Waals surface area contributed by atoms with E-state index in [1.165, 1.54) is 13.2 Å². The number of methoxy groups -OCH3 is 1. The molecule has 1 fully saturated rings. The number of carbonyl (C=O) groups is 1. The van der Waals surface area contributed by atoms with Crippen molar-refractivity contribution in [3.8, 4) is 0 Å². The maximum Gasteiger partial charge on any atom is 0.349 e. The third-order valence-corrected chi connectivity index (χ3v) is 5.80. The molecule has 1 aliphatic heterocycles. The Morgan fingerprint density at radius 2 is 2.20 bits per heavy atom. The minimum atomic E-state index is -3.66. The molecule has 0 aliphatic carbocycles. The van der Waals surface area contributed by atoms with Gasteiger partial charge in [-0.2, -0.15) is 0 Å². The van der Waals surface area contributed by atoms with Gasteiger partial charge in [-0.1, -0.05) is 0 Å². The van der Waals surface area contributed by atoms with Crippen molar-refractivity contribution < 1.29 is 17.9 Å². The fraction of sp³-hybridized carbons (Fsp3) is 0.583. The highest BCUT2D eigenvalue weighted by Gasteiger charge is 2.25. The predicted octanol–water partition coefficient (Wildman–Crippen LogP) is 0.813. The summed E-state index contributed by atoms with van der Waals surface area (Å²) in [5.74, 6) is -0.284. The van der Waals surface area contributed by atoms with Crippen molar-refractivity contribution in [2.24, 2.45) is 5.92 Å². The van der Waals surface area contributed by atoms with Crippen LogP contribution in [0.2, 0.25) is 0 Å². The molecule has 2 rings (SSSR count). The highest BCUT2D eigenvalue weighted by Crippen LogP contribution is 2.23. The number of piperidine rings is 1. The van der Waals surface area contributed by atoms with Gasteiger partial charge < -0.3 is 10.1 Å². The summed E-state index contributed by atoms with van der Waals surface area (Å²) in [6, 6.07) is 1.43. The van der Waals surface area contributed by atoms with E-state index in [1.54, 1.807) is 5.38 Å². The number of hydrogen-bond acceptors (Lipinski definition) is 6. The van der Waals surface area contributed by atoms with Gasteiger partial charge >= 0.3 is 5.97 Å². The highest BCUT2D eigenvalue weighted by molar-refractivity contribution is 7.89. The van der Waals surface area contributed by atoms with Crippen LogP contribution in [0.5, 0.6) is 0 Å². The molecule has 0 aromatic carbocycles. The molecule has 0 unspecified atom stereocenters. The molecule has 1 aromatic rings. The summed E-state index contributed by atoms with van der Waals surface area (Å²) in [5.41, 5.74) is 0. The molecule has 6 nitrogen and oxygen atoms in total. The summed E-state index contributed by atoms with van der Waals surface area (Å²) in [7, 11) is -2.43. The molecule has 1 saturated heterocycles. The lowest BCUT2D eigenvalue weighted by molar-refractivity contribution is 0.0602. The summed E-state index contributed by atoms with van der Waals surface area (Å²) >= 11 is 1.07. The van der Waals surface area contributed by atoms with Crippen molar-refractivity contribution in [2.75, 3.05) is 26.7 Å². The first-order valence-corrected chi connectivity index (χ1v) is 8.77. The van der Waals surface area contributed by atoms with Crippen molar-refractivity contribution in [1.29, 1.82) is 0 Å². The minimum absolute atomic E-state index is 0.00304. The normalized spacial score (nSPS) is 17.1. The Morgan fingerprint density at radius 3 is 2.85 bits per heavy atom. The van der Waals surface area contributed by atoms with Gasteiger partial charge in [-0.25, -0.2) is 17.9 Å². The lowest BCUT2D eigenvalue weighted by Crippen LogP contribution is -2.36. The molecule has 2 N–H and O–H groups in total. The summed E-state index contributed by atoms with van der Waals surface area (Å²) in [4.78, 5) is 11.7. The third kappa shape index (κ3) is 3.57. The van der Waals surface area contributed by atoms with Crippen LogP contribution < -0.4 is 10.0 Å². The smallest absolute Gasteiger partial charge is 0.349 e. The Bertz CT molecular complexity index is 562. The van der Waals surface area contributed by atoms with E-state index in [0.29, 0.717) is 12.5 Å². The van der Waals surface area contributed by atoms with E-state index < -0.39 is 16.0 Å². The van der Waals surface area contributed by atoms with Crippen molar-refractivity contribution in [1.82, 2.24) is 10.0 Å². The first-order valence-electron chi connectivity index (χ1n) is 6.41. The molecule has 0 spiro atoms. The van der Waals surface area contributed by atoms with Gasteiger partial charge in [0.1, 0.15) is 9.77 Å². The molecule has 0 amide bonds. The van der Waals surface area contributed by atoms with Gasteiger partial charge in [0.25, 0.3) is 0 Å². The average Bonchev–Trinajstić information content (AvgIpc) is 2.96. The van der Waals surface area contributed by atoms with Crippen LogP contribution in [0.4, 0.5) is 0 Å². The van der Waals surface area contributed by atoms with Crippen LogP contribution in [0.15, 0.2) is 16.3 Å². The zero-order valence-electron chi connectivity index (χ0n) is 11.2. The summed E-state index contributed by atoms with van der Waals surface area (Å²) in [6.45, 7) is 2.23. The monoisotopic (exact) mass is 318 g/mol. The first kappa shape index (κ1) is 15.4. The van der Waals surface area contributed by atoms with E-state index in [4.69, 9.17) is 0 Å². The Kier molecular flexibility index (Phi) is 5.14. The lowest BCUT2D eigenvalue weighted by atomic mass is 9.99. The molecule has 112 valence electrons. The molecule has 0 radical (unpaired) electrons. The lowest BCUT2D eigenvalue weighted by Gasteiger charge is -2.22. The third-order valence-electron chi connectivity index (χ3n) is 3.31. The van der Waals surface area contributed by atoms with Crippen molar-refractivity contribution >= 4 is 27.3 Å². The SMILES string of the molecule is COC(=O)c1sccc1S(=O)(=O)NCC1CCNCC1. The minimum Gasteiger partial charge on any atom is -0.465 e. The predicted molar refractivity (Wildman–Crippen MR) is 76.4 cm³/mol. The zero-order chi connectivity index (χ0) is 14.6. The fourth-order valence-electron chi connectivity index (χ4n) is 2.14. The van der Waals surface area contributed by atoms with E-state index in [2.05, 4.69) is 14.8 Å². The Hall–Kier alpha value is -0.960. The van der Waals surface area contributed by atoms with Gasteiger partial charge in [0.05, 0.1) is 7.11 Å². The highest BCUT2D eigenvalue weighted by atomic mass is 32.2. The number of rotatable bonds is 5. The summed E-state index contributed by atoms with van der Waals surface area (Å²) < 4.78 is 31.7. The van der Waals surface area contributed by atoms with E-state index in [0.717, 1.165) is 37.3 Å². The van der Waals surface area contributed by atoms with E-state index in [-0.39, 0.29) is 9.77 Å². The van der Waals surface area contributed by atoms with Crippen molar-refractivity contribution in [3.05, 3.63) is 16.3 Å². The maximum absolute atomic E-state index is 12.2. The molecule has 1 aromatic heterocycles. The second-order valence-corrected chi connectivity index (χ2v) is 7.30. The van der Waals surface area contributed by atoms with Crippen LogP contribution in [-0.2, 0) is 14.8 Å².